The highest BCUT2D eigenvalue weighted by molar-refractivity contribution is 7.54. The number of allylic oxidation sites excluding steroid dienone is 2. The van der Waals surface area contributed by atoms with Crippen LogP contribution in [-0.4, -0.2) is 32.3 Å². The van der Waals surface area contributed by atoms with E-state index in [1.807, 2.05) is 6.92 Å². The molecule has 0 aliphatic rings. The fraction of sp³-hybridized carbons (Fsp3) is 0.667. The molecular weight excluding hydrogens is 222 g/mol. The van der Waals surface area contributed by atoms with E-state index in [9.17, 15) is 13.8 Å². The van der Waals surface area contributed by atoms with Gasteiger partial charge in [-0.1, -0.05) is 13.0 Å². The summed E-state index contributed by atoms with van der Waals surface area (Å²) < 4.78 is 33.7. The Balaban J connectivity index is 4.35. The summed E-state index contributed by atoms with van der Waals surface area (Å²) in [7, 11) is -1.13. The number of carbonyl (C=O) groups excluding carboxylic acids is 1. The van der Waals surface area contributed by atoms with Crippen molar-refractivity contribution in [3.05, 3.63) is 12.2 Å². The summed E-state index contributed by atoms with van der Waals surface area (Å²) in [6.07, 6.45) is 1.02. The molecule has 6 heteroatoms. The van der Waals surface area contributed by atoms with Crippen LogP contribution < -0.4 is 0 Å². The molecular formula is C9H16FO4P. The minimum atomic E-state index is -3.45. The van der Waals surface area contributed by atoms with Crippen molar-refractivity contribution in [3.63, 3.8) is 0 Å². The lowest BCUT2D eigenvalue weighted by Gasteiger charge is -2.12. The second kappa shape index (κ2) is 6.88. The van der Waals surface area contributed by atoms with Gasteiger partial charge in [0.1, 0.15) is 6.16 Å². The van der Waals surface area contributed by atoms with Gasteiger partial charge in [-0.15, -0.1) is 0 Å². The van der Waals surface area contributed by atoms with Crippen molar-refractivity contribution in [2.75, 3.05) is 20.4 Å². The Morgan fingerprint density at radius 1 is 1.47 bits per heavy atom. The van der Waals surface area contributed by atoms with E-state index in [1.165, 1.54) is 6.08 Å². The summed E-state index contributed by atoms with van der Waals surface area (Å²) in [5.41, 5.74) is 0. The van der Waals surface area contributed by atoms with Crippen molar-refractivity contribution in [1.82, 2.24) is 0 Å². The molecule has 0 amide bonds. The van der Waals surface area contributed by atoms with Gasteiger partial charge in [-0.25, -0.2) is 4.39 Å². The number of ketones is 1. The van der Waals surface area contributed by atoms with Crippen molar-refractivity contribution in [3.8, 4) is 0 Å². The number of alkyl halides is 1. The van der Waals surface area contributed by atoms with Gasteiger partial charge >= 0.3 is 7.60 Å². The third-order valence-electron chi connectivity index (χ3n) is 1.75. The summed E-state index contributed by atoms with van der Waals surface area (Å²) in [6.45, 7) is 1.82. The molecule has 0 fully saturated rings. The predicted octanol–water partition coefficient (Wildman–Crippen LogP) is 2.35. The minimum absolute atomic E-state index is 0.546. The normalized spacial score (nSPS) is 14.4. The molecule has 0 aromatic carbocycles. The van der Waals surface area contributed by atoms with E-state index >= 15 is 0 Å². The summed E-state index contributed by atoms with van der Waals surface area (Å²) in [5, 5.41) is 0. The zero-order chi connectivity index (χ0) is 11.9. The van der Waals surface area contributed by atoms with Crippen LogP contribution >= 0.6 is 7.60 Å². The Hall–Kier alpha value is -0.510. The van der Waals surface area contributed by atoms with E-state index in [-0.39, 0.29) is 0 Å². The maximum absolute atomic E-state index is 13.1. The molecule has 0 aliphatic carbocycles. The van der Waals surface area contributed by atoms with Crippen molar-refractivity contribution in [1.29, 1.82) is 0 Å². The third kappa shape index (κ3) is 5.21. The molecule has 0 N–H and O–H groups in total. The Bertz CT molecular complexity index is 269. The molecule has 88 valence electrons. The van der Waals surface area contributed by atoms with E-state index in [4.69, 9.17) is 0 Å². The molecule has 1 unspecified atom stereocenters. The maximum atomic E-state index is 13.1. The van der Waals surface area contributed by atoms with Gasteiger partial charge in [0, 0.05) is 14.2 Å². The molecule has 0 aromatic rings. The molecule has 0 saturated heterocycles. The molecule has 15 heavy (non-hydrogen) atoms. The molecule has 1 atom stereocenters. The maximum Gasteiger partial charge on any atom is 0.337 e. The zero-order valence-corrected chi connectivity index (χ0v) is 10.00. The average Bonchev–Trinajstić information content (AvgIpc) is 2.25. The lowest BCUT2D eigenvalue weighted by Crippen LogP contribution is -2.18. The van der Waals surface area contributed by atoms with Crippen LogP contribution in [0, 0.1) is 0 Å². The standard InChI is InChI=1S/C9H16FO4P/c1-4-5-6-8(10)9(11)7-15(12,13-2)14-3/h5-6,8H,4,7H2,1-3H3. The highest BCUT2D eigenvalue weighted by Gasteiger charge is 2.28. The van der Waals surface area contributed by atoms with Crippen LogP contribution in [0.5, 0.6) is 0 Å². The highest BCUT2D eigenvalue weighted by Crippen LogP contribution is 2.46. The van der Waals surface area contributed by atoms with E-state index in [0.717, 1.165) is 20.3 Å². The molecule has 0 aliphatic heterocycles. The number of carbonyl (C=O) groups is 1. The van der Waals surface area contributed by atoms with E-state index in [0.29, 0.717) is 6.42 Å². The second-order valence-electron chi connectivity index (χ2n) is 2.84. The molecule has 4 nitrogen and oxygen atoms in total. The number of rotatable bonds is 7. The van der Waals surface area contributed by atoms with Gasteiger partial charge in [-0.05, 0) is 12.5 Å². The molecule has 0 aromatic heterocycles. The van der Waals surface area contributed by atoms with Gasteiger partial charge in [0.15, 0.2) is 12.0 Å². The Labute approximate surface area is 89.0 Å². The fourth-order valence-electron chi connectivity index (χ4n) is 0.845. The van der Waals surface area contributed by atoms with Crippen LogP contribution in [0.4, 0.5) is 4.39 Å². The quantitative estimate of drug-likeness (QED) is 0.504. The van der Waals surface area contributed by atoms with Gasteiger partial charge < -0.3 is 9.05 Å². The first-order valence-corrected chi connectivity index (χ1v) is 6.25. The molecule has 0 spiro atoms. The summed E-state index contributed by atoms with van der Waals surface area (Å²) >= 11 is 0. The van der Waals surface area contributed by atoms with Crippen LogP contribution in [0.1, 0.15) is 13.3 Å². The van der Waals surface area contributed by atoms with Crippen LogP contribution in [0.2, 0.25) is 0 Å². The lowest BCUT2D eigenvalue weighted by atomic mass is 10.2. The minimum Gasteiger partial charge on any atom is -0.312 e. The molecule has 0 saturated carbocycles. The van der Waals surface area contributed by atoms with Crippen molar-refractivity contribution < 1.29 is 22.8 Å². The number of halogens is 1. The lowest BCUT2D eigenvalue weighted by molar-refractivity contribution is -0.120. The smallest absolute Gasteiger partial charge is 0.312 e. The van der Waals surface area contributed by atoms with Crippen molar-refractivity contribution in [2.45, 2.75) is 19.5 Å². The SMILES string of the molecule is CCC=CC(F)C(=O)CP(=O)(OC)OC. The Kier molecular flexibility index (Phi) is 6.65. The van der Waals surface area contributed by atoms with Crippen LogP contribution in [0.25, 0.3) is 0 Å². The Morgan fingerprint density at radius 2 is 2.00 bits per heavy atom. The molecule has 0 heterocycles. The van der Waals surface area contributed by atoms with Gasteiger partial charge in [0.25, 0.3) is 0 Å². The summed E-state index contributed by atoms with van der Waals surface area (Å²) in [5.74, 6) is -0.799. The van der Waals surface area contributed by atoms with Crippen molar-refractivity contribution >= 4 is 13.4 Å². The van der Waals surface area contributed by atoms with Crippen molar-refractivity contribution in [2.24, 2.45) is 0 Å². The zero-order valence-electron chi connectivity index (χ0n) is 9.10. The first-order chi connectivity index (χ1) is 6.99. The second-order valence-corrected chi connectivity index (χ2v) is 5.11. The number of Topliss-reactive ketones (excluding diaryl/α,β-unsaturated/α-hetero) is 1. The predicted molar refractivity (Wildman–Crippen MR) is 55.8 cm³/mol. The third-order valence-corrected chi connectivity index (χ3v) is 3.57. The number of hydrogen-bond donors (Lipinski definition) is 0. The van der Waals surface area contributed by atoms with E-state index < -0.39 is 25.7 Å². The largest absolute Gasteiger partial charge is 0.337 e. The Morgan fingerprint density at radius 3 is 2.40 bits per heavy atom. The van der Waals surface area contributed by atoms with Crippen LogP contribution in [0.15, 0.2) is 12.2 Å². The summed E-state index contributed by atoms with van der Waals surface area (Å²) in [4.78, 5) is 11.2. The van der Waals surface area contributed by atoms with Gasteiger partial charge in [-0.3, -0.25) is 9.36 Å². The van der Waals surface area contributed by atoms with Gasteiger partial charge in [0.2, 0.25) is 0 Å². The van der Waals surface area contributed by atoms with Gasteiger partial charge in [0.05, 0.1) is 0 Å². The van der Waals surface area contributed by atoms with Crippen LogP contribution in [0.3, 0.4) is 0 Å². The summed E-state index contributed by atoms with van der Waals surface area (Å²) in [6, 6.07) is 0. The van der Waals surface area contributed by atoms with Crippen LogP contribution in [-0.2, 0) is 18.4 Å². The molecule has 0 rings (SSSR count). The highest BCUT2D eigenvalue weighted by atomic mass is 31.2. The fourth-order valence-corrected chi connectivity index (χ4v) is 1.81. The molecule has 0 bridgehead atoms. The molecule has 0 radical (unpaired) electrons. The number of hydrogen-bond acceptors (Lipinski definition) is 4. The topological polar surface area (TPSA) is 52.6 Å². The van der Waals surface area contributed by atoms with Gasteiger partial charge in [-0.2, -0.15) is 0 Å². The van der Waals surface area contributed by atoms with E-state index in [2.05, 4.69) is 9.05 Å². The van der Waals surface area contributed by atoms with E-state index in [1.54, 1.807) is 0 Å². The monoisotopic (exact) mass is 238 g/mol. The average molecular weight is 238 g/mol. The first kappa shape index (κ1) is 14.5. The first-order valence-electron chi connectivity index (χ1n) is 4.53.